The van der Waals surface area contributed by atoms with E-state index in [0.29, 0.717) is 12.0 Å². The van der Waals surface area contributed by atoms with Crippen molar-refractivity contribution in [3.8, 4) is 0 Å². The van der Waals surface area contributed by atoms with E-state index in [2.05, 4.69) is 27.7 Å². The molecule has 2 N–H and O–H groups in total. The van der Waals surface area contributed by atoms with Crippen LogP contribution in [0.15, 0.2) is 0 Å². The van der Waals surface area contributed by atoms with Gasteiger partial charge in [0.2, 0.25) is 0 Å². The van der Waals surface area contributed by atoms with Crippen LogP contribution in [0.5, 0.6) is 0 Å². The predicted molar refractivity (Wildman–Crippen MR) is 46.9 cm³/mol. The van der Waals surface area contributed by atoms with Crippen molar-refractivity contribution in [1.29, 1.82) is 0 Å². The normalized spacial score (nSPS) is 20.1. The van der Waals surface area contributed by atoms with E-state index in [4.69, 9.17) is 5.73 Å². The third-order valence-electron chi connectivity index (χ3n) is 2.69. The lowest BCUT2D eigenvalue weighted by Gasteiger charge is -2.23. The Morgan fingerprint density at radius 1 is 1.10 bits per heavy atom. The molecule has 1 nitrogen and oxygen atoms in total. The summed E-state index contributed by atoms with van der Waals surface area (Å²) in [5.41, 5.74) is 5.89. The molecule has 3 unspecified atom stereocenters. The molecule has 0 bridgehead atoms. The lowest BCUT2D eigenvalue weighted by Crippen LogP contribution is -2.31. The van der Waals surface area contributed by atoms with Gasteiger partial charge in [-0.15, -0.1) is 0 Å². The fraction of sp³-hybridized carbons (Fsp3) is 1.00. The first-order chi connectivity index (χ1) is 4.63. The molecule has 0 aromatic rings. The van der Waals surface area contributed by atoms with Gasteiger partial charge in [0.15, 0.2) is 0 Å². The summed E-state index contributed by atoms with van der Waals surface area (Å²) in [4.78, 5) is 0. The molecule has 0 aliphatic carbocycles. The first-order valence-electron chi connectivity index (χ1n) is 4.39. The monoisotopic (exact) mass is 143 g/mol. The quantitative estimate of drug-likeness (QED) is 0.642. The molecule has 0 fully saturated rings. The highest BCUT2D eigenvalue weighted by atomic mass is 14.6. The molecule has 0 aromatic carbocycles. The molecule has 1 heteroatoms. The van der Waals surface area contributed by atoms with Crippen molar-refractivity contribution in [2.24, 2.45) is 17.6 Å². The van der Waals surface area contributed by atoms with E-state index in [9.17, 15) is 0 Å². The van der Waals surface area contributed by atoms with Gasteiger partial charge in [0.25, 0.3) is 0 Å². The van der Waals surface area contributed by atoms with Gasteiger partial charge in [0.1, 0.15) is 0 Å². The van der Waals surface area contributed by atoms with Gasteiger partial charge in [-0.1, -0.05) is 34.1 Å². The van der Waals surface area contributed by atoms with Gasteiger partial charge < -0.3 is 5.73 Å². The van der Waals surface area contributed by atoms with Gasteiger partial charge in [0, 0.05) is 6.04 Å². The summed E-state index contributed by atoms with van der Waals surface area (Å²) < 4.78 is 0. The van der Waals surface area contributed by atoms with Gasteiger partial charge in [0.05, 0.1) is 0 Å². The number of rotatable bonds is 4. The second-order valence-corrected chi connectivity index (χ2v) is 3.32. The first kappa shape index (κ1) is 9.96. The predicted octanol–water partition coefficient (Wildman–Crippen LogP) is 2.41. The molecule has 0 amide bonds. The minimum atomic E-state index is 0.398. The van der Waals surface area contributed by atoms with Crippen LogP contribution in [0.25, 0.3) is 0 Å². The van der Waals surface area contributed by atoms with Crippen LogP contribution < -0.4 is 5.73 Å². The molecule has 0 spiro atoms. The zero-order valence-electron chi connectivity index (χ0n) is 7.72. The van der Waals surface area contributed by atoms with Crippen molar-refractivity contribution < 1.29 is 0 Å². The van der Waals surface area contributed by atoms with E-state index in [0.717, 1.165) is 12.3 Å². The van der Waals surface area contributed by atoms with Crippen molar-refractivity contribution in [3.05, 3.63) is 0 Å². The average molecular weight is 143 g/mol. The number of hydrogen-bond donors (Lipinski definition) is 1. The smallest absolute Gasteiger partial charge is 0.00644 e. The maximum absolute atomic E-state index is 5.89. The maximum atomic E-state index is 5.89. The molecular weight excluding hydrogens is 122 g/mol. The maximum Gasteiger partial charge on any atom is 0.00644 e. The van der Waals surface area contributed by atoms with Crippen molar-refractivity contribution in [2.45, 2.75) is 46.6 Å². The largest absolute Gasteiger partial charge is 0.327 e. The molecular formula is C9H21N. The standard InChI is InChI=1S/C9H21N/c1-5-7(3)8(4)9(10)6-2/h7-9H,5-6,10H2,1-4H3. The summed E-state index contributed by atoms with van der Waals surface area (Å²) in [5, 5.41) is 0. The fourth-order valence-corrected chi connectivity index (χ4v) is 1.17. The molecule has 3 atom stereocenters. The van der Waals surface area contributed by atoms with Gasteiger partial charge in [-0.25, -0.2) is 0 Å². The van der Waals surface area contributed by atoms with Crippen LogP contribution in [0.3, 0.4) is 0 Å². The van der Waals surface area contributed by atoms with Crippen LogP contribution in [0.2, 0.25) is 0 Å². The topological polar surface area (TPSA) is 26.0 Å². The Morgan fingerprint density at radius 2 is 1.60 bits per heavy atom. The molecule has 0 rings (SSSR count). The average Bonchev–Trinajstić information content (AvgIpc) is 2.00. The Bertz CT molecular complexity index is 70.8. The third kappa shape index (κ3) is 2.70. The van der Waals surface area contributed by atoms with Crippen LogP contribution in [-0.2, 0) is 0 Å². The summed E-state index contributed by atoms with van der Waals surface area (Å²) in [6.07, 6.45) is 2.35. The zero-order valence-corrected chi connectivity index (χ0v) is 7.72. The molecule has 0 heterocycles. The third-order valence-corrected chi connectivity index (χ3v) is 2.69. The van der Waals surface area contributed by atoms with E-state index in [-0.39, 0.29) is 0 Å². The van der Waals surface area contributed by atoms with E-state index in [1.54, 1.807) is 0 Å². The van der Waals surface area contributed by atoms with E-state index < -0.39 is 0 Å². The van der Waals surface area contributed by atoms with Gasteiger partial charge in [-0.3, -0.25) is 0 Å². The molecule has 0 aliphatic heterocycles. The lowest BCUT2D eigenvalue weighted by atomic mass is 9.86. The Labute approximate surface area is 65.0 Å². The summed E-state index contributed by atoms with van der Waals surface area (Å²) in [7, 11) is 0. The molecule has 0 saturated heterocycles. The first-order valence-corrected chi connectivity index (χ1v) is 4.39. The van der Waals surface area contributed by atoms with Crippen LogP contribution in [0.1, 0.15) is 40.5 Å². The highest BCUT2D eigenvalue weighted by molar-refractivity contribution is 4.71. The second-order valence-electron chi connectivity index (χ2n) is 3.32. The van der Waals surface area contributed by atoms with Crippen LogP contribution >= 0.6 is 0 Å². The summed E-state index contributed by atoms with van der Waals surface area (Å²) in [6.45, 7) is 8.91. The van der Waals surface area contributed by atoms with E-state index in [1.165, 1.54) is 6.42 Å². The zero-order chi connectivity index (χ0) is 8.15. The molecule has 0 aromatic heterocycles. The minimum absolute atomic E-state index is 0.398. The fourth-order valence-electron chi connectivity index (χ4n) is 1.17. The van der Waals surface area contributed by atoms with Crippen LogP contribution in [-0.4, -0.2) is 6.04 Å². The number of hydrogen-bond acceptors (Lipinski definition) is 1. The Morgan fingerprint density at radius 3 is 1.90 bits per heavy atom. The van der Waals surface area contributed by atoms with Crippen molar-refractivity contribution in [2.75, 3.05) is 0 Å². The van der Waals surface area contributed by atoms with Crippen molar-refractivity contribution in [3.63, 3.8) is 0 Å². The molecule has 0 aliphatic rings. The molecule has 0 radical (unpaired) electrons. The molecule has 10 heavy (non-hydrogen) atoms. The highest BCUT2D eigenvalue weighted by Crippen LogP contribution is 2.18. The minimum Gasteiger partial charge on any atom is -0.327 e. The second kappa shape index (κ2) is 4.73. The Hall–Kier alpha value is -0.0400. The van der Waals surface area contributed by atoms with Gasteiger partial charge in [-0.2, -0.15) is 0 Å². The Balaban J connectivity index is 3.69. The SMILES string of the molecule is CCC(C)C(C)C(N)CC. The highest BCUT2D eigenvalue weighted by Gasteiger charge is 2.15. The Kier molecular flexibility index (Phi) is 4.71. The van der Waals surface area contributed by atoms with Crippen LogP contribution in [0, 0.1) is 11.8 Å². The molecule has 0 saturated carbocycles. The van der Waals surface area contributed by atoms with E-state index in [1.807, 2.05) is 0 Å². The van der Waals surface area contributed by atoms with Crippen molar-refractivity contribution in [1.82, 2.24) is 0 Å². The number of nitrogens with two attached hydrogens (primary N) is 1. The van der Waals surface area contributed by atoms with E-state index >= 15 is 0 Å². The summed E-state index contributed by atoms with van der Waals surface area (Å²) in [5.74, 6) is 1.45. The summed E-state index contributed by atoms with van der Waals surface area (Å²) in [6, 6.07) is 0.398. The summed E-state index contributed by atoms with van der Waals surface area (Å²) >= 11 is 0. The molecule has 62 valence electrons. The van der Waals surface area contributed by atoms with Gasteiger partial charge in [-0.05, 0) is 18.3 Å². The lowest BCUT2D eigenvalue weighted by molar-refractivity contribution is 0.311. The van der Waals surface area contributed by atoms with Crippen LogP contribution in [0.4, 0.5) is 0 Å². The van der Waals surface area contributed by atoms with Gasteiger partial charge >= 0.3 is 0 Å². The van der Waals surface area contributed by atoms with Crippen molar-refractivity contribution >= 4 is 0 Å².